The van der Waals surface area contributed by atoms with Crippen LogP contribution in [-0.4, -0.2) is 5.78 Å². The van der Waals surface area contributed by atoms with Gasteiger partial charge in [0.2, 0.25) is 0 Å². The van der Waals surface area contributed by atoms with Gasteiger partial charge in [0, 0.05) is 11.8 Å². The largest absolute Gasteiger partial charge is 0.299 e. The maximum absolute atomic E-state index is 11.8. The van der Waals surface area contributed by atoms with Crippen molar-refractivity contribution in [3.63, 3.8) is 0 Å². The van der Waals surface area contributed by atoms with Gasteiger partial charge in [-0.25, -0.2) is 0 Å². The summed E-state index contributed by atoms with van der Waals surface area (Å²) in [5.74, 6) is 0.400. The molecule has 0 aromatic heterocycles. The van der Waals surface area contributed by atoms with Crippen molar-refractivity contribution in [2.24, 2.45) is 5.41 Å². The second kappa shape index (κ2) is 6.00. The number of carbonyl (C=O) groups excluding carboxylic acids is 1. The van der Waals surface area contributed by atoms with Gasteiger partial charge in [-0.3, -0.25) is 4.79 Å². The lowest BCUT2D eigenvalue weighted by molar-refractivity contribution is -0.127. The van der Waals surface area contributed by atoms with E-state index in [1.165, 1.54) is 5.57 Å². The van der Waals surface area contributed by atoms with Crippen molar-refractivity contribution >= 4 is 5.78 Å². The molecule has 0 aromatic rings. The summed E-state index contributed by atoms with van der Waals surface area (Å²) in [7, 11) is 0. The molecule has 0 saturated heterocycles. The molecule has 0 rings (SSSR count). The van der Waals surface area contributed by atoms with Gasteiger partial charge in [0.05, 0.1) is 0 Å². The Morgan fingerprint density at radius 1 is 1.29 bits per heavy atom. The molecule has 0 spiro atoms. The van der Waals surface area contributed by atoms with E-state index in [0.29, 0.717) is 5.78 Å². The smallest absolute Gasteiger partial charge is 0.138 e. The lowest BCUT2D eigenvalue weighted by atomic mass is 9.82. The van der Waals surface area contributed by atoms with Crippen LogP contribution >= 0.6 is 0 Å². The summed E-state index contributed by atoms with van der Waals surface area (Å²) in [5, 5.41) is 0. The number of allylic oxidation sites excluding steroid dienone is 2. The molecule has 0 aromatic carbocycles. The molecule has 14 heavy (non-hydrogen) atoms. The van der Waals surface area contributed by atoms with Crippen molar-refractivity contribution in [2.75, 3.05) is 0 Å². The number of unbranched alkanes of at least 4 members (excludes halogenated alkanes) is 1. The van der Waals surface area contributed by atoms with Crippen LogP contribution in [-0.2, 0) is 4.79 Å². The zero-order valence-corrected chi connectivity index (χ0v) is 10.3. The van der Waals surface area contributed by atoms with Gasteiger partial charge in [0.1, 0.15) is 5.78 Å². The van der Waals surface area contributed by atoms with Crippen LogP contribution in [0.1, 0.15) is 60.3 Å². The Morgan fingerprint density at radius 3 is 2.29 bits per heavy atom. The summed E-state index contributed by atoms with van der Waals surface area (Å²) in [6, 6.07) is 0. The summed E-state index contributed by atoms with van der Waals surface area (Å²) in [6.45, 7) is 10.4. The molecular formula is C13H24O. The Morgan fingerprint density at radius 2 is 1.86 bits per heavy atom. The van der Waals surface area contributed by atoms with Crippen LogP contribution in [0, 0.1) is 5.41 Å². The van der Waals surface area contributed by atoms with E-state index in [1.807, 2.05) is 13.8 Å². The minimum Gasteiger partial charge on any atom is -0.299 e. The third kappa shape index (κ3) is 5.21. The molecule has 0 aliphatic rings. The Kier molecular flexibility index (Phi) is 5.75. The Balaban J connectivity index is 4.16. The average molecular weight is 196 g/mol. The molecule has 0 aliphatic carbocycles. The van der Waals surface area contributed by atoms with E-state index in [1.54, 1.807) is 0 Å². The van der Waals surface area contributed by atoms with Gasteiger partial charge in [-0.1, -0.05) is 38.8 Å². The summed E-state index contributed by atoms with van der Waals surface area (Å²) < 4.78 is 0. The standard InChI is InChI=1S/C13H24O/c1-6-7-8-12(14)13(4,5)10-9-11(2)3/h9H,6-8,10H2,1-5H3. The minimum atomic E-state index is -0.174. The highest BCUT2D eigenvalue weighted by molar-refractivity contribution is 5.84. The first-order valence-electron chi connectivity index (χ1n) is 5.57. The van der Waals surface area contributed by atoms with Crippen molar-refractivity contribution in [1.29, 1.82) is 0 Å². The summed E-state index contributed by atoms with van der Waals surface area (Å²) >= 11 is 0. The van der Waals surface area contributed by atoms with Crippen molar-refractivity contribution in [1.82, 2.24) is 0 Å². The third-order valence-corrected chi connectivity index (χ3v) is 2.53. The average Bonchev–Trinajstić information content (AvgIpc) is 2.11. The monoisotopic (exact) mass is 196 g/mol. The van der Waals surface area contributed by atoms with Crippen molar-refractivity contribution in [3.05, 3.63) is 11.6 Å². The van der Waals surface area contributed by atoms with Gasteiger partial charge in [-0.15, -0.1) is 0 Å². The maximum atomic E-state index is 11.8. The highest BCUT2D eigenvalue weighted by Crippen LogP contribution is 2.25. The predicted octanol–water partition coefficient (Wildman–Crippen LogP) is 4.13. The normalized spacial score (nSPS) is 11.2. The first-order chi connectivity index (χ1) is 6.40. The lowest BCUT2D eigenvalue weighted by Gasteiger charge is -2.21. The van der Waals surface area contributed by atoms with E-state index in [0.717, 1.165) is 25.7 Å². The fourth-order valence-electron chi connectivity index (χ4n) is 1.25. The lowest BCUT2D eigenvalue weighted by Crippen LogP contribution is -2.23. The zero-order chi connectivity index (χ0) is 11.2. The van der Waals surface area contributed by atoms with Crippen molar-refractivity contribution in [3.8, 4) is 0 Å². The second-order valence-electron chi connectivity index (χ2n) is 4.90. The predicted molar refractivity (Wildman–Crippen MR) is 62.4 cm³/mol. The molecule has 1 nitrogen and oxygen atoms in total. The quantitative estimate of drug-likeness (QED) is 0.584. The van der Waals surface area contributed by atoms with Crippen LogP contribution in [0.15, 0.2) is 11.6 Å². The summed E-state index contributed by atoms with van der Waals surface area (Å²) in [5.41, 5.74) is 1.12. The highest BCUT2D eigenvalue weighted by atomic mass is 16.1. The fraction of sp³-hybridized carbons (Fsp3) is 0.769. The Hall–Kier alpha value is -0.590. The van der Waals surface area contributed by atoms with E-state index in [2.05, 4.69) is 26.8 Å². The van der Waals surface area contributed by atoms with Gasteiger partial charge in [-0.2, -0.15) is 0 Å². The molecule has 0 bridgehead atoms. The molecular weight excluding hydrogens is 172 g/mol. The molecule has 82 valence electrons. The highest BCUT2D eigenvalue weighted by Gasteiger charge is 2.24. The molecule has 0 atom stereocenters. The van der Waals surface area contributed by atoms with Crippen LogP contribution < -0.4 is 0 Å². The number of carbonyl (C=O) groups is 1. The van der Waals surface area contributed by atoms with Gasteiger partial charge in [-0.05, 0) is 26.7 Å². The first-order valence-corrected chi connectivity index (χ1v) is 5.57. The van der Waals surface area contributed by atoms with E-state index < -0.39 is 0 Å². The molecule has 0 fully saturated rings. The van der Waals surface area contributed by atoms with Crippen LogP contribution in [0.4, 0.5) is 0 Å². The Bertz CT molecular complexity index is 207. The van der Waals surface area contributed by atoms with Gasteiger partial charge >= 0.3 is 0 Å². The zero-order valence-electron chi connectivity index (χ0n) is 10.3. The van der Waals surface area contributed by atoms with Crippen molar-refractivity contribution in [2.45, 2.75) is 60.3 Å². The molecule has 0 unspecified atom stereocenters. The van der Waals surface area contributed by atoms with Gasteiger partial charge in [0.25, 0.3) is 0 Å². The van der Waals surface area contributed by atoms with Crippen LogP contribution in [0.3, 0.4) is 0 Å². The topological polar surface area (TPSA) is 17.1 Å². The van der Waals surface area contributed by atoms with E-state index >= 15 is 0 Å². The Labute approximate surface area is 88.6 Å². The van der Waals surface area contributed by atoms with Crippen LogP contribution in [0.2, 0.25) is 0 Å². The summed E-state index contributed by atoms with van der Waals surface area (Å²) in [4.78, 5) is 11.8. The second-order valence-corrected chi connectivity index (χ2v) is 4.90. The number of hydrogen-bond acceptors (Lipinski definition) is 1. The van der Waals surface area contributed by atoms with E-state index in [4.69, 9.17) is 0 Å². The molecule has 0 radical (unpaired) electrons. The van der Waals surface area contributed by atoms with E-state index in [-0.39, 0.29) is 5.41 Å². The fourth-order valence-corrected chi connectivity index (χ4v) is 1.25. The van der Waals surface area contributed by atoms with Crippen molar-refractivity contribution < 1.29 is 4.79 Å². The molecule has 0 N–H and O–H groups in total. The third-order valence-electron chi connectivity index (χ3n) is 2.53. The van der Waals surface area contributed by atoms with Gasteiger partial charge in [0.15, 0.2) is 0 Å². The van der Waals surface area contributed by atoms with Gasteiger partial charge < -0.3 is 0 Å². The number of rotatable bonds is 6. The molecule has 1 heteroatoms. The maximum Gasteiger partial charge on any atom is 0.138 e. The van der Waals surface area contributed by atoms with Crippen LogP contribution in [0.25, 0.3) is 0 Å². The molecule has 0 aliphatic heterocycles. The number of hydrogen-bond donors (Lipinski definition) is 0. The molecule has 0 saturated carbocycles. The van der Waals surface area contributed by atoms with E-state index in [9.17, 15) is 4.79 Å². The first kappa shape index (κ1) is 13.4. The molecule has 0 amide bonds. The minimum absolute atomic E-state index is 0.174. The number of ketones is 1. The summed E-state index contributed by atoms with van der Waals surface area (Å²) in [6.07, 6.45) is 5.89. The molecule has 0 heterocycles. The van der Waals surface area contributed by atoms with Crippen LogP contribution in [0.5, 0.6) is 0 Å². The SMILES string of the molecule is CCCCC(=O)C(C)(C)CC=C(C)C. The number of Topliss-reactive ketones (excluding diaryl/α,β-unsaturated/α-hetero) is 1.